The maximum atomic E-state index is 12.9. The lowest BCUT2D eigenvalue weighted by molar-refractivity contribution is -0.139. The molecule has 4 rings (SSSR count). The van der Waals surface area contributed by atoms with Gasteiger partial charge in [0.2, 0.25) is 5.95 Å². The molecule has 2 heterocycles. The van der Waals surface area contributed by atoms with Gasteiger partial charge in [0, 0.05) is 5.02 Å². The van der Waals surface area contributed by atoms with E-state index in [1.165, 1.54) is 4.90 Å². The van der Waals surface area contributed by atoms with Crippen molar-refractivity contribution in [3.05, 3.63) is 70.4 Å². The molecular weight excluding hydrogens is 382 g/mol. The van der Waals surface area contributed by atoms with Crippen molar-refractivity contribution in [1.82, 2.24) is 9.97 Å². The van der Waals surface area contributed by atoms with Crippen LogP contribution in [0.15, 0.2) is 59.9 Å². The third-order valence-corrected chi connectivity index (χ3v) is 4.71. The molecule has 142 valence electrons. The average molecular weight is 398 g/mol. The van der Waals surface area contributed by atoms with Crippen LogP contribution in [0.25, 0.3) is 11.0 Å². The number of aliphatic hydroxyl groups is 1. The van der Waals surface area contributed by atoms with Crippen LogP contribution >= 0.6 is 11.6 Å². The highest BCUT2D eigenvalue weighted by Crippen LogP contribution is 2.40. The van der Waals surface area contributed by atoms with Gasteiger partial charge in [-0.25, -0.2) is 9.78 Å². The van der Waals surface area contributed by atoms with Crippen LogP contribution in [-0.2, 0) is 14.3 Å². The average Bonchev–Trinajstić information content (AvgIpc) is 3.21. The van der Waals surface area contributed by atoms with Crippen molar-refractivity contribution in [1.29, 1.82) is 0 Å². The van der Waals surface area contributed by atoms with E-state index in [9.17, 15) is 14.7 Å². The molecule has 2 N–H and O–H groups in total. The van der Waals surface area contributed by atoms with E-state index in [4.69, 9.17) is 16.3 Å². The van der Waals surface area contributed by atoms with Crippen molar-refractivity contribution < 1.29 is 19.4 Å². The number of aromatic nitrogens is 2. The minimum Gasteiger partial charge on any atom is -0.503 e. The molecular formula is C20H16ClN3O4. The Bertz CT molecular complexity index is 1110. The first-order valence-electron chi connectivity index (χ1n) is 8.65. The Hall–Kier alpha value is -3.32. The summed E-state index contributed by atoms with van der Waals surface area (Å²) in [4.78, 5) is 34.1. The number of aromatic amines is 1. The van der Waals surface area contributed by atoms with Crippen molar-refractivity contribution in [2.75, 3.05) is 11.5 Å². The molecule has 0 radical (unpaired) electrons. The number of nitrogens with zero attached hydrogens (tertiary/aromatic N) is 2. The minimum absolute atomic E-state index is 0.114. The number of rotatable bonds is 4. The Morgan fingerprint density at radius 1 is 1.29 bits per heavy atom. The maximum absolute atomic E-state index is 12.9. The van der Waals surface area contributed by atoms with Crippen LogP contribution in [0.5, 0.6) is 0 Å². The highest BCUT2D eigenvalue weighted by atomic mass is 35.5. The van der Waals surface area contributed by atoms with E-state index >= 15 is 0 Å². The van der Waals surface area contributed by atoms with Gasteiger partial charge in [-0.2, -0.15) is 0 Å². The second kappa shape index (κ2) is 7.01. The topological polar surface area (TPSA) is 95.5 Å². The highest BCUT2D eigenvalue weighted by Gasteiger charge is 2.46. The summed E-state index contributed by atoms with van der Waals surface area (Å²) >= 11 is 6.03. The Morgan fingerprint density at radius 2 is 2.04 bits per heavy atom. The highest BCUT2D eigenvalue weighted by molar-refractivity contribution is 6.31. The van der Waals surface area contributed by atoms with Gasteiger partial charge in [0.05, 0.1) is 17.6 Å². The molecule has 0 aliphatic carbocycles. The number of anilines is 1. The van der Waals surface area contributed by atoms with Gasteiger partial charge in [-0.15, -0.1) is 0 Å². The Labute approximate surface area is 165 Å². The third-order valence-electron chi connectivity index (χ3n) is 4.48. The van der Waals surface area contributed by atoms with Gasteiger partial charge in [0.1, 0.15) is 11.6 Å². The zero-order valence-corrected chi connectivity index (χ0v) is 15.6. The third kappa shape index (κ3) is 2.90. The molecule has 1 atom stereocenters. The van der Waals surface area contributed by atoms with Crippen LogP contribution in [0.4, 0.5) is 5.95 Å². The number of amides is 1. The van der Waals surface area contributed by atoms with Crippen molar-refractivity contribution in [2.45, 2.75) is 13.0 Å². The number of esters is 1. The quantitative estimate of drug-likeness (QED) is 0.655. The monoisotopic (exact) mass is 397 g/mol. The van der Waals surface area contributed by atoms with Crippen LogP contribution in [0.1, 0.15) is 18.5 Å². The first-order valence-corrected chi connectivity index (χ1v) is 9.03. The number of ether oxygens (including phenoxy) is 1. The van der Waals surface area contributed by atoms with Crippen LogP contribution in [0.2, 0.25) is 5.02 Å². The van der Waals surface area contributed by atoms with E-state index in [0.717, 1.165) is 0 Å². The summed E-state index contributed by atoms with van der Waals surface area (Å²) in [5, 5.41) is 11.0. The predicted molar refractivity (Wildman–Crippen MR) is 104 cm³/mol. The van der Waals surface area contributed by atoms with Crippen molar-refractivity contribution >= 4 is 40.5 Å². The summed E-state index contributed by atoms with van der Waals surface area (Å²) in [7, 11) is 0. The smallest absolute Gasteiger partial charge is 0.340 e. The number of carbonyl (C=O) groups is 2. The summed E-state index contributed by atoms with van der Waals surface area (Å²) < 4.78 is 5.07. The molecule has 1 aliphatic rings. The van der Waals surface area contributed by atoms with Gasteiger partial charge in [-0.1, -0.05) is 41.9 Å². The number of hydrogen-bond acceptors (Lipinski definition) is 5. The van der Waals surface area contributed by atoms with E-state index in [-0.39, 0.29) is 18.1 Å². The zero-order chi connectivity index (χ0) is 19.8. The lowest BCUT2D eigenvalue weighted by atomic mass is 9.99. The lowest BCUT2D eigenvalue weighted by Gasteiger charge is -2.24. The molecule has 0 saturated heterocycles. The number of nitrogens with one attached hydrogen (secondary N) is 1. The van der Waals surface area contributed by atoms with Gasteiger partial charge >= 0.3 is 5.97 Å². The van der Waals surface area contributed by atoms with Crippen LogP contribution < -0.4 is 4.90 Å². The first kappa shape index (κ1) is 18.1. The van der Waals surface area contributed by atoms with Crippen LogP contribution in [0.3, 0.4) is 0 Å². The number of benzene rings is 2. The van der Waals surface area contributed by atoms with Crippen molar-refractivity contribution in [2.24, 2.45) is 0 Å². The molecule has 0 saturated carbocycles. The minimum atomic E-state index is -0.871. The second-order valence-corrected chi connectivity index (χ2v) is 6.63. The largest absolute Gasteiger partial charge is 0.503 e. The zero-order valence-electron chi connectivity index (χ0n) is 14.8. The molecule has 1 aliphatic heterocycles. The summed E-state index contributed by atoms with van der Waals surface area (Å²) in [6.07, 6.45) is 0. The molecule has 0 spiro atoms. The Morgan fingerprint density at radius 3 is 2.75 bits per heavy atom. The number of aliphatic hydroxyl groups excluding tert-OH is 1. The van der Waals surface area contributed by atoms with Crippen LogP contribution in [0, 0.1) is 0 Å². The lowest BCUT2D eigenvalue weighted by Crippen LogP contribution is -2.32. The summed E-state index contributed by atoms with van der Waals surface area (Å²) in [6, 6.07) is 13.1. The fourth-order valence-electron chi connectivity index (χ4n) is 3.27. The van der Waals surface area contributed by atoms with Gasteiger partial charge in [-0.3, -0.25) is 9.69 Å². The SMILES string of the molecule is CCOC(=O)C1=C(O)C(=O)N(c2nc3ccc(Cl)cc3[nH]2)C1c1ccccc1. The van der Waals surface area contributed by atoms with Crippen molar-refractivity contribution in [3.63, 3.8) is 0 Å². The fraction of sp³-hybridized carbons (Fsp3) is 0.150. The van der Waals surface area contributed by atoms with E-state index in [0.29, 0.717) is 21.6 Å². The molecule has 7 nitrogen and oxygen atoms in total. The molecule has 0 bridgehead atoms. The second-order valence-electron chi connectivity index (χ2n) is 6.19. The molecule has 8 heteroatoms. The Kier molecular flexibility index (Phi) is 4.52. The molecule has 1 amide bonds. The molecule has 0 fully saturated rings. The number of halogens is 1. The van der Waals surface area contributed by atoms with Crippen LogP contribution in [-0.4, -0.2) is 33.6 Å². The standard InChI is InChI=1S/C20H16ClN3O4/c1-2-28-19(27)15-16(11-6-4-3-5-7-11)24(18(26)17(15)25)20-22-13-9-8-12(21)10-14(13)23-20/h3-10,16,25H,2H2,1H3,(H,22,23). The first-order chi connectivity index (χ1) is 13.5. The van der Waals surface area contributed by atoms with Gasteiger partial charge in [0.15, 0.2) is 5.76 Å². The molecule has 3 aromatic rings. The van der Waals surface area contributed by atoms with E-state index in [1.807, 2.05) is 6.07 Å². The molecule has 28 heavy (non-hydrogen) atoms. The van der Waals surface area contributed by atoms with Gasteiger partial charge < -0.3 is 14.8 Å². The number of fused-ring (bicyclic) bond motifs is 1. The molecule has 2 aromatic carbocycles. The van der Waals surface area contributed by atoms with Crippen molar-refractivity contribution in [3.8, 4) is 0 Å². The number of H-pyrrole nitrogens is 1. The summed E-state index contributed by atoms with van der Waals surface area (Å²) in [5.41, 5.74) is 1.76. The predicted octanol–water partition coefficient (Wildman–Crippen LogP) is 3.68. The fourth-order valence-corrected chi connectivity index (χ4v) is 3.45. The molecule has 1 aromatic heterocycles. The normalized spacial score (nSPS) is 16.9. The molecule has 1 unspecified atom stereocenters. The number of hydrogen-bond donors (Lipinski definition) is 2. The summed E-state index contributed by atoms with van der Waals surface area (Å²) in [6.45, 7) is 1.78. The van der Waals surface area contributed by atoms with E-state index in [2.05, 4.69) is 9.97 Å². The van der Waals surface area contributed by atoms with E-state index < -0.39 is 23.7 Å². The maximum Gasteiger partial charge on any atom is 0.340 e. The summed E-state index contributed by atoms with van der Waals surface area (Å²) in [5.74, 6) is -1.93. The van der Waals surface area contributed by atoms with E-state index in [1.54, 1.807) is 49.4 Å². The van der Waals surface area contributed by atoms with Gasteiger partial charge in [-0.05, 0) is 30.7 Å². The number of imidazole rings is 1. The Balaban J connectivity index is 1.87. The van der Waals surface area contributed by atoms with Gasteiger partial charge in [0.25, 0.3) is 5.91 Å². The number of carbonyl (C=O) groups excluding carboxylic acids is 2.